The van der Waals surface area contributed by atoms with Crippen LogP contribution >= 0.6 is 11.3 Å². The average molecular weight is 492 g/mol. The fraction of sp³-hybridized carbons (Fsp3) is 0.231. The minimum atomic E-state index is -0.468. The Bertz CT molecular complexity index is 1440. The van der Waals surface area contributed by atoms with Crippen molar-refractivity contribution in [1.29, 1.82) is 0 Å². The lowest BCUT2D eigenvalue weighted by atomic mass is 10.0. The Morgan fingerprint density at radius 3 is 2.57 bits per heavy atom. The summed E-state index contributed by atoms with van der Waals surface area (Å²) in [5.74, 6) is -0.124. The van der Waals surface area contributed by atoms with E-state index in [2.05, 4.69) is 10.3 Å². The topological polar surface area (TPSA) is 99.5 Å². The maximum absolute atomic E-state index is 13.4. The molecule has 35 heavy (non-hydrogen) atoms. The average Bonchev–Trinajstić information content (AvgIpc) is 3.18. The number of amides is 1. The van der Waals surface area contributed by atoms with Gasteiger partial charge >= 0.3 is 5.97 Å². The minimum absolute atomic E-state index is 0.219. The van der Waals surface area contributed by atoms with Crippen molar-refractivity contribution in [2.75, 3.05) is 18.5 Å². The van der Waals surface area contributed by atoms with Gasteiger partial charge in [-0.2, -0.15) is 0 Å². The molecule has 1 N–H and O–H groups in total. The number of hydrogen-bond acceptors (Lipinski definition) is 7. The van der Waals surface area contributed by atoms with Gasteiger partial charge in [0.05, 0.1) is 30.5 Å². The summed E-state index contributed by atoms with van der Waals surface area (Å²) in [7, 11) is 0. The summed E-state index contributed by atoms with van der Waals surface area (Å²) >= 11 is 1.44. The number of aromatic nitrogens is 2. The number of rotatable bonds is 8. The van der Waals surface area contributed by atoms with E-state index in [0.717, 1.165) is 21.8 Å². The van der Waals surface area contributed by atoms with Gasteiger partial charge in [0.25, 0.3) is 5.56 Å². The summed E-state index contributed by atoms with van der Waals surface area (Å²) in [6, 6.07) is 14.0. The number of thiophene rings is 1. The second kappa shape index (κ2) is 10.5. The van der Waals surface area contributed by atoms with Crippen LogP contribution in [-0.4, -0.2) is 34.6 Å². The summed E-state index contributed by atoms with van der Waals surface area (Å²) < 4.78 is 11.8. The number of carbonyl (C=O) groups excluding carboxylic acids is 2. The van der Waals surface area contributed by atoms with Crippen molar-refractivity contribution in [3.8, 4) is 16.9 Å². The Kier molecular flexibility index (Phi) is 7.26. The summed E-state index contributed by atoms with van der Waals surface area (Å²) in [6.07, 6.45) is 1.39. The number of nitrogens with one attached hydrogen (secondary N) is 1. The third-order valence-corrected chi connectivity index (χ3v) is 6.29. The molecule has 8 nitrogen and oxygen atoms in total. The SMILES string of the molecule is CCOC(=O)c1cccc(NC(=O)Cn2cnc3sc(C)c(-c4ccc(OCC)cc4)c3c2=O)c1. The van der Waals surface area contributed by atoms with Gasteiger partial charge in [-0.25, -0.2) is 9.78 Å². The summed E-state index contributed by atoms with van der Waals surface area (Å²) in [5.41, 5.74) is 2.16. The van der Waals surface area contributed by atoms with Gasteiger partial charge in [-0.15, -0.1) is 11.3 Å². The van der Waals surface area contributed by atoms with Crippen molar-refractivity contribution >= 4 is 39.1 Å². The smallest absolute Gasteiger partial charge is 0.338 e. The van der Waals surface area contributed by atoms with Crippen LogP contribution in [0.3, 0.4) is 0 Å². The van der Waals surface area contributed by atoms with E-state index in [1.807, 2.05) is 38.1 Å². The van der Waals surface area contributed by atoms with E-state index < -0.39 is 11.9 Å². The molecule has 0 unspecified atom stereocenters. The van der Waals surface area contributed by atoms with Crippen LogP contribution in [-0.2, 0) is 16.1 Å². The Balaban J connectivity index is 1.60. The van der Waals surface area contributed by atoms with E-state index in [1.54, 1.807) is 25.1 Å². The molecule has 0 saturated carbocycles. The first kappa shape index (κ1) is 24.2. The van der Waals surface area contributed by atoms with Crippen LogP contribution < -0.4 is 15.6 Å². The molecular formula is C26H25N3O5S. The molecule has 0 aliphatic heterocycles. The highest BCUT2D eigenvalue weighted by atomic mass is 32.1. The zero-order valence-corrected chi connectivity index (χ0v) is 20.5. The number of aryl methyl sites for hydroxylation is 1. The number of carbonyl (C=O) groups is 2. The second-order valence-electron chi connectivity index (χ2n) is 7.70. The van der Waals surface area contributed by atoms with E-state index in [-0.39, 0.29) is 18.7 Å². The van der Waals surface area contributed by atoms with Crippen molar-refractivity contribution in [2.24, 2.45) is 0 Å². The molecule has 0 bridgehead atoms. The molecule has 2 aromatic heterocycles. The van der Waals surface area contributed by atoms with Gasteiger partial charge in [0.1, 0.15) is 17.1 Å². The molecule has 2 heterocycles. The van der Waals surface area contributed by atoms with Crippen LogP contribution in [0, 0.1) is 6.92 Å². The molecule has 4 rings (SSSR count). The lowest BCUT2D eigenvalue weighted by Gasteiger charge is -2.09. The summed E-state index contributed by atoms with van der Waals surface area (Å²) in [4.78, 5) is 44.0. The number of esters is 1. The van der Waals surface area contributed by atoms with Crippen LogP contribution in [0.2, 0.25) is 0 Å². The molecule has 0 aliphatic rings. The van der Waals surface area contributed by atoms with Gasteiger partial charge in [0.15, 0.2) is 0 Å². The number of ether oxygens (including phenoxy) is 2. The zero-order chi connectivity index (χ0) is 24.9. The fourth-order valence-corrected chi connectivity index (χ4v) is 4.78. The van der Waals surface area contributed by atoms with Gasteiger partial charge < -0.3 is 14.8 Å². The van der Waals surface area contributed by atoms with Crippen molar-refractivity contribution in [2.45, 2.75) is 27.3 Å². The molecular weight excluding hydrogens is 466 g/mol. The highest BCUT2D eigenvalue weighted by molar-refractivity contribution is 7.19. The van der Waals surface area contributed by atoms with Gasteiger partial charge in [-0.05, 0) is 56.7 Å². The molecule has 0 spiro atoms. The highest BCUT2D eigenvalue weighted by Crippen LogP contribution is 2.36. The quantitative estimate of drug-likeness (QED) is 0.360. The molecule has 1 amide bonds. The Labute approximate surface area is 206 Å². The van der Waals surface area contributed by atoms with Crippen molar-refractivity contribution in [3.63, 3.8) is 0 Å². The Morgan fingerprint density at radius 1 is 1.09 bits per heavy atom. The minimum Gasteiger partial charge on any atom is -0.494 e. The predicted molar refractivity (Wildman–Crippen MR) is 136 cm³/mol. The highest BCUT2D eigenvalue weighted by Gasteiger charge is 2.18. The maximum Gasteiger partial charge on any atom is 0.338 e. The fourth-order valence-electron chi connectivity index (χ4n) is 3.78. The molecule has 0 fully saturated rings. The lowest BCUT2D eigenvalue weighted by Crippen LogP contribution is -2.27. The third kappa shape index (κ3) is 5.25. The van der Waals surface area contributed by atoms with Crippen molar-refractivity contribution in [1.82, 2.24) is 9.55 Å². The van der Waals surface area contributed by atoms with Crippen molar-refractivity contribution < 1.29 is 19.1 Å². The van der Waals surface area contributed by atoms with Gasteiger partial charge in [-0.3, -0.25) is 14.2 Å². The van der Waals surface area contributed by atoms with Crippen LogP contribution in [0.25, 0.3) is 21.3 Å². The largest absolute Gasteiger partial charge is 0.494 e. The number of anilines is 1. The van der Waals surface area contributed by atoms with Crippen LogP contribution in [0.4, 0.5) is 5.69 Å². The molecule has 2 aromatic carbocycles. The molecule has 9 heteroatoms. The third-order valence-electron chi connectivity index (χ3n) is 5.28. The molecule has 0 atom stereocenters. The first-order valence-corrected chi connectivity index (χ1v) is 12.0. The summed E-state index contributed by atoms with van der Waals surface area (Å²) in [6.45, 7) is 6.21. The first-order valence-electron chi connectivity index (χ1n) is 11.2. The van der Waals surface area contributed by atoms with Crippen molar-refractivity contribution in [3.05, 3.63) is 75.7 Å². The van der Waals surface area contributed by atoms with Gasteiger partial charge in [-0.1, -0.05) is 18.2 Å². The number of benzene rings is 2. The van der Waals surface area contributed by atoms with E-state index in [0.29, 0.717) is 28.1 Å². The number of hydrogen-bond donors (Lipinski definition) is 1. The molecule has 4 aromatic rings. The molecule has 0 radical (unpaired) electrons. The van der Waals surface area contributed by atoms with E-state index >= 15 is 0 Å². The lowest BCUT2D eigenvalue weighted by molar-refractivity contribution is -0.116. The predicted octanol–water partition coefficient (Wildman–Crippen LogP) is 4.65. The first-order chi connectivity index (χ1) is 16.9. The number of nitrogens with zero attached hydrogens (tertiary/aromatic N) is 2. The normalized spacial score (nSPS) is 10.8. The number of fused-ring (bicyclic) bond motifs is 1. The van der Waals surface area contributed by atoms with Gasteiger partial charge in [0.2, 0.25) is 5.91 Å². The second-order valence-corrected chi connectivity index (χ2v) is 8.90. The van der Waals surface area contributed by atoms with E-state index in [4.69, 9.17) is 9.47 Å². The van der Waals surface area contributed by atoms with E-state index in [1.165, 1.54) is 28.3 Å². The monoisotopic (exact) mass is 491 g/mol. The van der Waals surface area contributed by atoms with Crippen LogP contribution in [0.5, 0.6) is 5.75 Å². The molecule has 180 valence electrons. The molecule has 0 aliphatic carbocycles. The van der Waals surface area contributed by atoms with E-state index in [9.17, 15) is 14.4 Å². The maximum atomic E-state index is 13.4. The standard InChI is InChI=1S/C26H25N3O5S/c1-4-33-20-11-9-17(10-12-20)22-16(3)35-24-23(22)25(31)29(15-27-24)14-21(30)28-19-8-6-7-18(13-19)26(32)34-5-2/h6-13,15H,4-5,14H2,1-3H3,(H,28,30). The van der Waals surface area contributed by atoms with Gasteiger partial charge in [0, 0.05) is 16.1 Å². The Morgan fingerprint density at radius 2 is 1.86 bits per heavy atom. The van der Waals surface area contributed by atoms with Crippen LogP contribution in [0.15, 0.2) is 59.7 Å². The zero-order valence-electron chi connectivity index (χ0n) is 19.7. The Hall–Kier alpha value is -3.98. The van der Waals surface area contributed by atoms with Crippen LogP contribution in [0.1, 0.15) is 29.1 Å². The molecule has 0 saturated heterocycles. The summed E-state index contributed by atoms with van der Waals surface area (Å²) in [5, 5.41) is 3.21.